The van der Waals surface area contributed by atoms with E-state index in [4.69, 9.17) is 10.3 Å². The number of ether oxygens (including phenoxy) is 1. The maximum absolute atomic E-state index is 12.0. The van der Waals surface area contributed by atoms with Crippen molar-refractivity contribution in [2.45, 2.75) is 6.92 Å². The Hall–Kier alpha value is -3.38. The summed E-state index contributed by atoms with van der Waals surface area (Å²) in [6, 6.07) is 10.9. The fourth-order valence-electron chi connectivity index (χ4n) is 2.37. The summed E-state index contributed by atoms with van der Waals surface area (Å²) in [5, 5.41) is 13.0. The Morgan fingerprint density at radius 1 is 1.35 bits per heavy atom. The summed E-state index contributed by atoms with van der Waals surface area (Å²) in [4.78, 5) is 14.9. The quantitative estimate of drug-likeness (QED) is 0.318. The van der Waals surface area contributed by atoms with Crippen molar-refractivity contribution in [1.82, 2.24) is 15.0 Å². The van der Waals surface area contributed by atoms with E-state index in [-0.39, 0.29) is 12.3 Å². The van der Waals surface area contributed by atoms with E-state index in [2.05, 4.69) is 20.3 Å². The van der Waals surface area contributed by atoms with Gasteiger partial charge in [-0.3, -0.25) is 0 Å². The number of hydrogen-bond acceptors (Lipinski definition) is 5. The second kappa shape index (κ2) is 6.17. The first-order chi connectivity index (χ1) is 11.3. The summed E-state index contributed by atoms with van der Waals surface area (Å²) in [6.45, 7) is 1.98. The second-order valence-corrected chi connectivity index (χ2v) is 4.59. The van der Waals surface area contributed by atoms with Crippen molar-refractivity contribution >= 4 is 22.4 Å². The van der Waals surface area contributed by atoms with Crippen molar-refractivity contribution in [3.8, 4) is 5.69 Å². The molecule has 1 aromatic heterocycles. The molecule has 0 atom stereocenters. The van der Waals surface area contributed by atoms with Crippen molar-refractivity contribution in [1.29, 1.82) is 0 Å². The van der Waals surface area contributed by atoms with E-state index in [1.54, 1.807) is 25.1 Å². The molecule has 0 spiro atoms. The third-order valence-electron chi connectivity index (χ3n) is 3.28. The molecule has 2 aromatic carbocycles. The van der Waals surface area contributed by atoms with Gasteiger partial charge in [0.15, 0.2) is 5.69 Å². The molecule has 8 heteroatoms. The molecule has 0 fully saturated rings. The highest BCUT2D eigenvalue weighted by Gasteiger charge is 2.18. The predicted molar refractivity (Wildman–Crippen MR) is 83.6 cm³/mol. The molecule has 0 saturated heterocycles. The van der Waals surface area contributed by atoms with Gasteiger partial charge in [0.2, 0.25) is 0 Å². The van der Waals surface area contributed by atoms with E-state index in [1.165, 1.54) is 10.9 Å². The van der Waals surface area contributed by atoms with Crippen molar-refractivity contribution in [3.05, 3.63) is 58.7 Å². The molecule has 23 heavy (non-hydrogen) atoms. The standard InChI is InChI=1S/C15H12N6O2/c1-2-23-15(22)13-9-17-20-21(13)12-8-4-6-10-5-3-7-11(14(10)12)18-19-16/h3-9H,2H2,1H3. The van der Waals surface area contributed by atoms with Gasteiger partial charge in [0.1, 0.15) is 0 Å². The lowest BCUT2D eigenvalue weighted by Gasteiger charge is -2.10. The number of carbonyl (C=O) groups is 1. The molecule has 0 N–H and O–H groups in total. The molecule has 8 nitrogen and oxygen atoms in total. The molecule has 0 unspecified atom stereocenters. The Morgan fingerprint density at radius 3 is 2.87 bits per heavy atom. The van der Waals surface area contributed by atoms with Crippen LogP contribution < -0.4 is 0 Å². The maximum Gasteiger partial charge on any atom is 0.358 e. The molecule has 0 bridgehead atoms. The van der Waals surface area contributed by atoms with Gasteiger partial charge in [-0.25, -0.2) is 9.48 Å². The zero-order valence-electron chi connectivity index (χ0n) is 12.2. The molecule has 114 valence electrons. The van der Waals surface area contributed by atoms with Crippen LogP contribution in [0.5, 0.6) is 0 Å². The Balaban J connectivity index is 2.28. The van der Waals surface area contributed by atoms with Crippen LogP contribution in [-0.4, -0.2) is 27.6 Å². The number of nitrogens with zero attached hydrogens (tertiary/aromatic N) is 6. The summed E-state index contributed by atoms with van der Waals surface area (Å²) in [7, 11) is 0. The Labute approximate surface area is 130 Å². The van der Waals surface area contributed by atoms with Gasteiger partial charge in [-0.2, -0.15) is 0 Å². The van der Waals surface area contributed by atoms with Crippen LogP contribution in [0.25, 0.3) is 26.9 Å². The van der Waals surface area contributed by atoms with Gasteiger partial charge in [-0.15, -0.1) is 5.10 Å². The highest BCUT2D eigenvalue weighted by molar-refractivity contribution is 6.00. The fraction of sp³-hybridized carbons (Fsp3) is 0.133. The van der Waals surface area contributed by atoms with E-state index in [9.17, 15) is 4.79 Å². The van der Waals surface area contributed by atoms with E-state index >= 15 is 0 Å². The third kappa shape index (κ3) is 2.58. The van der Waals surface area contributed by atoms with Gasteiger partial charge in [-0.05, 0) is 23.9 Å². The van der Waals surface area contributed by atoms with Crippen LogP contribution in [0.1, 0.15) is 17.4 Å². The Kier molecular flexibility index (Phi) is 3.90. The zero-order chi connectivity index (χ0) is 16.2. The highest BCUT2D eigenvalue weighted by Crippen LogP contribution is 2.31. The molecule has 0 aliphatic heterocycles. The molecule has 0 saturated carbocycles. The monoisotopic (exact) mass is 308 g/mol. The van der Waals surface area contributed by atoms with E-state index in [0.717, 1.165) is 5.39 Å². The Bertz CT molecular complexity index is 921. The number of benzene rings is 2. The summed E-state index contributed by atoms with van der Waals surface area (Å²) in [5.41, 5.74) is 10.0. The average molecular weight is 308 g/mol. The minimum atomic E-state index is -0.518. The molecular formula is C15H12N6O2. The number of carbonyl (C=O) groups excluding carboxylic acids is 1. The van der Waals surface area contributed by atoms with E-state index in [0.29, 0.717) is 16.8 Å². The highest BCUT2D eigenvalue weighted by atomic mass is 16.5. The van der Waals surface area contributed by atoms with Gasteiger partial charge < -0.3 is 4.74 Å². The Morgan fingerprint density at radius 2 is 2.13 bits per heavy atom. The summed E-state index contributed by atoms with van der Waals surface area (Å²) in [6.07, 6.45) is 1.34. The largest absolute Gasteiger partial charge is 0.461 e. The van der Waals surface area contributed by atoms with Gasteiger partial charge in [-0.1, -0.05) is 40.7 Å². The van der Waals surface area contributed by atoms with Crippen LogP contribution in [0.4, 0.5) is 5.69 Å². The van der Waals surface area contributed by atoms with Crippen LogP contribution in [0.3, 0.4) is 0 Å². The lowest BCUT2D eigenvalue weighted by atomic mass is 10.1. The molecule has 3 rings (SSSR count). The normalized spacial score (nSPS) is 10.3. The van der Waals surface area contributed by atoms with Crippen LogP contribution in [0.15, 0.2) is 47.7 Å². The molecule has 0 aliphatic rings. The van der Waals surface area contributed by atoms with Gasteiger partial charge in [0.25, 0.3) is 0 Å². The first-order valence-corrected chi connectivity index (χ1v) is 6.91. The van der Waals surface area contributed by atoms with Crippen molar-refractivity contribution < 1.29 is 9.53 Å². The van der Waals surface area contributed by atoms with Crippen LogP contribution in [-0.2, 0) is 4.74 Å². The molecule has 0 radical (unpaired) electrons. The molecule has 0 amide bonds. The molecule has 1 heterocycles. The minimum Gasteiger partial charge on any atom is -0.461 e. The van der Waals surface area contributed by atoms with Crippen LogP contribution in [0, 0.1) is 0 Å². The first kappa shape index (κ1) is 14.6. The second-order valence-electron chi connectivity index (χ2n) is 4.59. The van der Waals surface area contributed by atoms with Gasteiger partial charge >= 0.3 is 5.97 Å². The zero-order valence-corrected chi connectivity index (χ0v) is 12.2. The topological polar surface area (TPSA) is 106 Å². The summed E-state index contributed by atoms with van der Waals surface area (Å²) >= 11 is 0. The molecular weight excluding hydrogens is 296 g/mol. The number of rotatable bonds is 4. The van der Waals surface area contributed by atoms with Crippen LogP contribution >= 0.6 is 0 Å². The predicted octanol–water partition coefficient (Wildman–Crippen LogP) is 3.54. The number of azide groups is 1. The minimum absolute atomic E-state index is 0.204. The maximum atomic E-state index is 12.0. The SMILES string of the molecule is CCOC(=O)c1cnnn1-c1cccc2cccc(N=[N+]=[N-])c12. The van der Waals surface area contributed by atoms with Crippen molar-refractivity contribution in [3.63, 3.8) is 0 Å². The van der Waals surface area contributed by atoms with Gasteiger partial charge in [0, 0.05) is 16.0 Å². The van der Waals surface area contributed by atoms with Crippen molar-refractivity contribution in [2.24, 2.45) is 5.11 Å². The van der Waals surface area contributed by atoms with Crippen molar-refractivity contribution in [2.75, 3.05) is 6.61 Å². The molecule has 3 aromatic rings. The average Bonchev–Trinajstić information content (AvgIpc) is 3.04. The van der Waals surface area contributed by atoms with E-state index in [1.807, 2.05) is 18.2 Å². The summed E-state index contributed by atoms with van der Waals surface area (Å²) in [5.74, 6) is -0.518. The lowest BCUT2D eigenvalue weighted by Crippen LogP contribution is -2.12. The first-order valence-electron chi connectivity index (χ1n) is 6.91. The number of hydrogen-bond donors (Lipinski definition) is 0. The fourth-order valence-corrected chi connectivity index (χ4v) is 2.37. The van der Waals surface area contributed by atoms with Crippen LogP contribution in [0.2, 0.25) is 0 Å². The third-order valence-corrected chi connectivity index (χ3v) is 3.28. The van der Waals surface area contributed by atoms with E-state index < -0.39 is 5.97 Å². The smallest absolute Gasteiger partial charge is 0.358 e. The molecule has 0 aliphatic carbocycles. The lowest BCUT2D eigenvalue weighted by molar-refractivity contribution is 0.0516. The number of esters is 1. The van der Waals surface area contributed by atoms with Gasteiger partial charge in [0.05, 0.1) is 18.5 Å². The number of fused-ring (bicyclic) bond motifs is 1. The summed E-state index contributed by atoms with van der Waals surface area (Å²) < 4.78 is 6.40. The number of aromatic nitrogens is 3.